The molecule has 2 aromatic carbocycles. The Morgan fingerprint density at radius 1 is 1.17 bits per heavy atom. The molecule has 0 fully saturated rings. The lowest BCUT2D eigenvalue weighted by atomic mass is 9.89. The Labute approximate surface area is 177 Å². The number of fused-ring (bicyclic) bond motifs is 1. The van der Waals surface area contributed by atoms with Crippen LogP contribution in [0.5, 0.6) is 5.75 Å². The van der Waals surface area contributed by atoms with Crippen molar-refractivity contribution in [2.75, 3.05) is 6.61 Å². The van der Waals surface area contributed by atoms with E-state index in [0.29, 0.717) is 30.7 Å². The molecule has 0 saturated carbocycles. The van der Waals surface area contributed by atoms with E-state index in [-0.39, 0.29) is 5.91 Å². The highest BCUT2D eigenvalue weighted by atomic mass is 16.5. The zero-order valence-electron chi connectivity index (χ0n) is 17.4. The molecule has 0 saturated heterocycles. The van der Waals surface area contributed by atoms with E-state index in [9.17, 15) is 4.79 Å². The standard InChI is InChI=1S/C25H27N3O2/c1-18(2)19-12-14-20(15-13-19)26-25(29)24-22-10-6-7-11-23(22)28(27-24)16-17-30-21-8-4-3-5-9-21/h3-12,14-15,18-19H,13,16-17H2,1-2H3,(H,26,29). The Hall–Kier alpha value is -3.34. The normalized spacial score (nSPS) is 16.0. The second kappa shape index (κ2) is 8.99. The van der Waals surface area contributed by atoms with E-state index in [2.05, 4.69) is 36.4 Å². The predicted molar refractivity (Wildman–Crippen MR) is 119 cm³/mol. The number of carbonyl (C=O) groups excluding carboxylic acids is 1. The number of hydrogen-bond acceptors (Lipinski definition) is 3. The Bertz CT molecular complexity index is 1080. The van der Waals surface area contributed by atoms with Gasteiger partial charge in [0.05, 0.1) is 12.1 Å². The van der Waals surface area contributed by atoms with Crippen LogP contribution in [0.15, 0.2) is 78.5 Å². The summed E-state index contributed by atoms with van der Waals surface area (Å²) in [6, 6.07) is 17.5. The van der Waals surface area contributed by atoms with Gasteiger partial charge in [-0.25, -0.2) is 0 Å². The highest BCUT2D eigenvalue weighted by molar-refractivity contribution is 6.05. The van der Waals surface area contributed by atoms with Crippen LogP contribution in [-0.4, -0.2) is 22.3 Å². The lowest BCUT2D eigenvalue weighted by Crippen LogP contribution is -2.24. The molecule has 1 amide bonds. The molecule has 1 aliphatic carbocycles. The Balaban J connectivity index is 1.48. The largest absolute Gasteiger partial charge is 0.492 e. The first-order chi connectivity index (χ1) is 14.6. The number of ether oxygens (including phenoxy) is 1. The summed E-state index contributed by atoms with van der Waals surface area (Å²) in [4.78, 5) is 13.0. The molecule has 0 spiro atoms. The molecule has 0 bridgehead atoms. The summed E-state index contributed by atoms with van der Waals surface area (Å²) in [6.45, 7) is 5.46. The summed E-state index contributed by atoms with van der Waals surface area (Å²) in [7, 11) is 0. The molecule has 1 aromatic heterocycles. The topological polar surface area (TPSA) is 56.2 Å². The number of benzene rings is 2. The van der Waals surface area contributed by atoms with Crippen molar-refractivity contribution in [3.63, 3.8) is 0 Å². The number of para-hydroxylation sites is 2. The van der Waals surface area contributed by atoms with Crippen molar-refractivity contribution >= 4 is 16.8 Å². The van der Waals surface area contributed by atoms with Crippen molar-refractivity contribution in [2.45, 2.75) is 26.8 Å². The Morgan fingerprint density at radius 3 is 2.67 bits per heavy atom. The van der Waals surface area contributed by atoms with Crippen molar-refractivity contribution in [3.05, 3.63) is 84.2 Å². The minimum absolute atomic E-state index is 0.187. The highest BCUT2D eigenvalue weighted by Gasteiger charge is 2.19. The lowest BCUT2D eigenvalue weighted by molar-refractivity contribution is 0.0962. The third kappa shape index (κ3) is 4.46. The zero-order chi connectivity index (χ0) is 20.9. The van der Waals surface area contributed by atoms with Crippen LogP contribution in [0.3, 0.4) is 0 Å². The fraction of sp³-hybridized carbons (Fsp3) is 0.280. The SMILES string of the molecule is CC(C)C1C=CC(NC(=O)c2nn(CCOc3ccccc3)c3ccccc23)=CC1. The van der Waals surface area contributed by atoms with E-state index < -0.39 is 0 Å². The summed E-state index contributed by atoms with van der Waals surface area (Å²) < 4.78 is 7.64. The van der Waals surface area contributed by atoms with Gasteiger partial charge >= 0.3 is 0 Å². The van der Waals surface area contributed by atoms with E-state index in [1.807, 2.05) is 65.4 Å². The summed E-state index contributed by atoms with van der Waals surface area (Å²) in [5, 5.41) is 8.46. The maximum atomic E-state index is 13.0. The Morgan fingerprint density at radius 2 is 1.93 bits per heavy atom. The van der Waals surface area contributed by atoms with Gasteiger partial charge in [-0.1, -0.05) is 62.4 Å². The van der Waals surface area contributed by atoms with Crippen molar-refractivity contribution in [1.82, 2.24) is 15.1 Å². The lowest BCUT2D eigenvalue weighted by Gasteiger charge is -2.19. The summed E-state index contributed by atoms with van der Waals surface area (Å²) in [5.41, 5.74) is 2.20. The van der Waals surface area contributed by atoms with Gasteiger partial charge in [-0.3, -0.25) is 9.48 Å². The van der Waals surface area contributed by atoms with Crippen LogP contribution >= 0.6 is 0 Å². The summed E-state index contributed by atoms with van der Waals surface area (Å²) >= 11 is 0. The molecule has 154 valence electrons. The van der Waals surface area contributed by atoms with Gasteiger partial charge in [0.15, 0.2) is 5.69 Å². The van der Waals surface area contributed by atoms with Gasteiger partial charge in [0.1, 0.15) is 12.4 Å². The molecule has 1 aliphatic rings. The van der Waals surface area contributed by atoms with Gasteiger partial charge in [0.2, 0.25) is 0 Å². The van der Waals surface area contributed by atoms with Crippen LogP contribution in [0.4, 0.5) is 0 Å². The molecular formula is C25H27N3O2. The van der Waals surface area contributed by atoms with E-state index in [4.69, 9.17) is 4.74 Å². The molecule has 1 N–H and O–H groups in total. The minimum atomic E-state index is -0.187. The first kappa shape index (κ1) is 20.0. The number of aromatic nitrogens is 2. The number of hydrogen-bond donors (Lipinski definition) is 1. The van der Waals surface area contributed by atoms with Crippen molar-refractivity contribution in [3.8, 4) is 5.75 Å². The average Bonchev–Trinajstić information content (AvgIpc) is 3.14. The van der Waals surface area contributed by atoms with Crippen LogP contribution in [0.2, 0.25) is 0 Å². The molecular weight excluding hydrogens is 374 g/mol. The second-order valence-electron chi connectivity index (χ2n) is 7.87. The average molecular weight is 402 g/mol. The summed E-state index contributed by atoms with van der Waals surface area (Å²) in [6.07, 6.45) is 7.21. The molecule has 5 heteroatoms. The zero-order valence-corrected chi connectivity index (χ0v) is 17.4. The molecule has 0 aliphatic heterocycles. The molecule has 0 radical (unpaired) electrons. The Kier molecular flexibility index (Phi) is 5.98. The van der Waals surface area contributed by atoms with Crippen LogP contribution in [0.1, 0.15) is 30.8 Å². The van der Waals surface area contributed by atoms with Crippen molar-refractivity contribution in [1.29, 1.82) is 0 Å². The van der Waals surface area contributed by atoms with Gasteiger partial charge in [-0.15, -0.1) is 0 Å². The van der Waals surface area contributed by atoms with Gasteiger partial charge in [0.25, 0.3) is 5.91 Å². The molecule has 1 atom stereocenters. The van der Waals surface area contributed by atoms with E-state index in [0.717, 1.165) is 28.8 Å². The highest BCUT2D eigenvalue weighted by Crippen LogP contribution is 2.23. The number of allylic oxidation sites excluding steroid dienone is 3. The van der Waals surface area contributed by atoms with Gasteiger partial charge in [0, 0.05) is 11.1 Å². The molecule has 3 aromatic rings. The molecule has 4 rings (SSSR count). The monoisotopic (exact) mass is 401 g/mol. The van der Waals surface area contributed by atoms with Gasteiger partial charge in [-0.2, -0.15) is 5.10 Å². The van der Waals surface area contributed by atoms with E-state index in [1.165, 1.54) is 0 Å². The van der Waals surface area contributed by atoms with Crippen LogP contribution in [-0.2, 0) is 6.54 Å². The van der Waals surface area contributed by atoms with Crippen LogP contribution in [0, 0.1) is 11.8 Å². The number of nitrogens with one attached hydrogen (secondary N) is 1. The maximum Gasteiger partial charge on any atom is 0.276 e. The maximum absolute atomic E-state index is 13.0. The predicted octanol–water partition coefficient (Wildman–Crippen LogP) is 4.96. The third-order valence-electron chi connectivity index (χ3n) is 5.44. The fourth-order valence-corrected chi connectivity index (χ4v) is 3.65. The van der Waals surface area contributed by atoms with Gasteiger partial charge < -0.3 is 10.1 Å². The van der Waals surface area contributed by atoms with Crippen molar-refractivity contribution < 1.29 is 9.53 Å². The first-order valence-electron chi connectivity index (χ1n) is 10.4. The first-order valence-corrected chi connectivity index (χ1v) is 10.4. The fourth-order valence-electron chi connectivity index (χ4n) is 3.65. The molecule has 1 unspecified atom stereocenters. The second-order valence-corrected chi connectivity index (χ2v) is 7.87. The summed E-state index contributed by atoms with van der Waals surface area (Å²) in [5.74, 6) is 1.75. The van der Waals surface area contributed by atoms with Crippen LogP contribution in [0.25, 0.3) is 10.9 Å². The smallest absolute Gasteiger partial charge is 0.276 e. The number of nitrogens with zero attached hydrogens (tertiary/aromatic N) is 2. The molecule has 1 heterocycles. The quantitative estimate of drug-likeness (QED) is 0.609. The minimum Gasteiger partial charge on any atom is -0.492 e. The number of rotatable bonds is 7. The van der Waals surface area contributed by atoms with E-state index >= 15 is 0 Å². The van der Waals surface area contributed by atoms with Crippen molar-refractivity contribution in [2.24, 2.45) is 11.8 Å². The number of carbonyl (C=O) groups is 1. The van der Waals surface area contributed by atoms with E-state index in [1.54, 1.807) is 0 Å². The molecule has 5 nitrogen and oxygen atoms in total. The van der Waals surface area contributed by atoms with Gasteiger partial charge in [-0.05, 0) is 42.5 Å². The third-order valence-corrected chi connectivity index (χ3v) is 5.44. The number of amides is 1. The molecule has 30 heavy (non-hydrogen) atoms. The van der Waals surface area contributed by atoms with Crippen LogP contribution < -0.4 is 10.1 Å².